The smallest absolute Gasteiger partial charge is 0.295 e. The van der Waals surface area contributed by atoms with Crippen LogP contribution in [0.25, 0.3) is 0 Å². The molecule has 0 aromatic heterocycles. The molecule has 0 aromatic rings. The van der Waals surface area contributed by atoms with Gasteiger partial charge in [0.05, 0.1) is 5.41 Å². The predicted molar refractivity (Wildman–Crippen MR) is 109 cm³/mol. The summed E-state index contributed by atoms with van der Waals surface area (Å²) in [5.74, 6) is 2.89. The van der Waals surface area contributed by atoms with Gasteiger partial charge in [-0.15, -0.1) is 6.42 Å². The molecule has 0 heterocycles. The van der Waals surface area contributed by atoms with Crippen molar-refractivity contribution in [1.82, 2.24) is 5.32 Å². The third-order valence-electron chi connectivity index (χ3n) is 9.10. The minimum Gasteiger partial charge on any atom is -0.345 e. The zero-order chi connectivity index (χ0) is 20.6. The molecule has 4 nitrogen and oxygen atoms in total. The van der Waals surface area contributed by atoms with Crippen molar-refractivity contribution in [2.75, 3.05) is 6.54 Å². The van der Waals surface area contributed by atoms with Crippen LogP contribution in [0.5, 0.6) is 0 Å². The summed E-state index contributed by atoms with van der Waals surface area (Å²) in [6.07, 6.45) is 16.1. The fourth-order valence-electron chi connectivity index (χ4n) is 7.74. The van der Waals surface area contributed by atoms with Gasteiger partial charge in [-0.05, 0) is 78.9 Å². The maximum atomic E-state index is 11.8. The molecule has 1 N–H and O–H groups in total. The van der Waals surface area contributed by atoms with Gasteiger partial charge in [0.2, 0.25) is 0 Å². The minimum absolute atomic E-state index is 0.0449. The van der Waals surface area contributed by atoms with E-state index in [1.807, 2.05) is 0 Å². The lowest BCUT2D eigenvalue weighted by atomic mass is 9.38. The van der Waals surface area contributed by atoms with Gasteiger partial charge in [0.15, 0.2) is 0 Å². The highest BCUT2D eigenvalue weighted by molar-refractivity contribution is 5.92. The Hall–Kier alpha value is -1.63. The monoisotopic (exact) mass is 385 g/mol. The van der Waals surface area contributed by atoms with E-state index in [1.165, 1.54) is 6.42 Å². The maximum absolute atomic E-state index is 11.8. The summed E-state index contributed by atoms with van der Waals surface area (Å²) in [5.41, 5.74) is -0.483. The summed E-state index contributed by atoms with van der Waals surface area (Å²) in [6, 6.07) is 0. The van der Waals surface area contributed by atoms with Crippen LogP contribution in [0.2, 0.25) is 0 Å². The van der Waals surface area contributed by atoms with Crippen molar-refractivity contribution in [2.45, 2.75) is 78.6 Å². The van der Waals surface area contributed by atoms with Crippen molar-refractivity contribution in [3.63, 3.8) is 0 Å². The highest BCUT2D eigenvalue weighted by atomic mass is 16.1. The number of fused-ring (bicyclic) bond motifs is 3. The van der Waals surface area contributed by atoms with Crippen LogP contribution < -0.4 is 5.32 Å². The molecule has 1 amide bonds. The van der Waals surface area contributed by atoms with Gasteiger partial charge in [-0.3, -0.25) is 4.79 Å². The van der Waals surface area contributed by atoms with Crippen LogP contribution in [0.15, 0.2) is 0 Å². The van der Waals surface area contributed by atoms with Crippen LogP contribution in [0, 0.1) is 45.8 Å². The molecular formula is C24H35NO3. The van der Waals surface area contributed by atoms with E-state index in [9.17, 15) is 14.4 Å². The summed E-state index contributed by atoms with van der Waals surface area (Å²) in [6.45, 7) is 7.63. The second-order valence-corrected chi connectivity index (χ2v) is 10.4. The zero-order valence-electron chi connectivity index (χ0n) is 17.7. The lowest BCUT2D eigenvalue weighted by Crippen LogP contribution is -2.60. The molecule has 0 saturated heterocycles. The molecule has 154 valence electrons. The van der Waals surface area contributed by atoms with E-state index >= 15 is 0 Å². The Morgan fingerprint density at radius 3 is 2.39 bits per heavy atom. The third kappa shape index (κ3) is 3.11. The van der Waals surface area contributed by atoms with Gasteiger partial charge in [-0.1, -0.05) is 33.6 Å². The van der Waals surface area contributed by atoms with E-state index in [1.54, 1.807) is 0 Å². The van der Waals surface area contributed by atoms with E-state index in [2.05, 4.69) is 32.0 Å². The summed E-state index contributed by atoms with van der Waals surface area (Å²) < 4.78 is 0. The lowest BCUT2D eigenvalue weighted by molar-refractivity contribution is -0.175. The number of aldehydes is 2. The van der Waals surface area contributed by atoms with E-state index in [0.717, 1.165) is 51.1 Å². The summed E-state index contributed by atoms with van der Waals surface area (Å²) in [7, 11) is 0. The van der Waals surface area contributed by atoms with Crippen LogP contribution in [-0.4, -0.2) is 25.0 Å². The molecular weight excluding hydrogens is 350 g/mol. The standard InChI is InChI=1S/C24H35NO3/c1-5-20(28)25-15-21(3)10-7-11-22(4)18(21)9-13-24(6-2)14-23(16-26,17-27)12-8-19(22)24/h1,16-19H,6-15H2,2-4H3,(H,25,28)/t18?,19?,21?,22-,24?/m1/s1. The average Bonchev–Trinajstić information content (AvgIpc) is 2.71. The van der Waals surface area contributed by atoms with E-state index in [0.29, 0.717) is 31.2 Å². The molecule has 0 aliphatic heterocycles. The molecule has 4 heteroatoms. The Balaban J connectivity index is 1.92. The van der Waals surface area contributed by atoms with Gasteiger partial charge >= 0.3 is 0 Å². The summed E-state index contributed by atoms with van der Waals surface area (Å²) >= 11 is 0. The fourth-order valence-corrected chi connectivity index (χ4v) is 7.74. The molecule has 0 radical (unpaired) electrons. The van der Waals surface area contributed by atoms with Crippen LogP contribution >= 0.6 is 0 Å². The first-order valence-corrected chi connectivity index (χ1v) is 10.9. The molecule has 4 unspecified atom stereocenters. The minimum atomic E-state index is -0.783. The Morgan fingerprint density at radius 2 is 1.79 bits per heavy atom. The zero-order valence-corrected chi connectivity index (χ0v) is 17.7. The number of terminal acetylenes is 1. The van der Waals surface area contributed by atoms with Crippen molar-refractivity contribution in [2.24, 2.45) is 33.5 Å². The van der Waals surface area contributed by atoms with Crippen molar-refractivity contribution in [1.29, 1.82) is 0 Å². The first kappa shape index (κ1) is 21.1. The molecule has 0 spiro atoms. The molecule has 3 fully saturated rings. The van der Waals surface area contributed by atoms with Crippen LogP contribution in [0.1, 0.15) is 78.6 Å². The summed E-state index contributed by atoms with van der Waals surface area (Å²) in [5, 5.41) is 2.95. The number of rotatable bonds is 5. The maximum Gasteiger partial charge on any atom is 0.295 e. The average molecular weight is 386 g/mol. The Kier molecular flexibility index (Phi) is 5.51. The molecule has 3 saturated carbocycles. The van der Waals surface area contributed by atoms with Gasteiger partial charge < -0.3 is 14.9 Å². The Morgan fingerprint density at radius 1 is 1.11 bits per heavy atom. The molecule has 28 heavy (non-hydrogen) atoms. The molecule has 5 atom stereocenters. The molecule has 3 aliphatic rings. The van der Waals surface area contributed by atoms with Gasteiger partial charge in [-0.25, -0.2) is 0 Å². The number of carbonyl (C=O) groups is 3. The van der Waals surface area contributed by atoms with Gasteiger partial charge in [0, 0.05) is 6.54 Å². The fraction of sp³-hybridized carbons (Fsp3) is 0.792. The summed E-state index contributed by atoms with van der Waals surface area (Å²) in [4.78, 5) is 35.3. The molecule has 0 bridgehead atoms. The topological polar surface area (TPSA) is 63.2 Å². The quantitative estimate of drug-likeness (QED) is 0.443. The van der Waals surface area contributed by atoms with Crippen LogP contribution in [-0.2, 0) is 14.4 Å². The number of hydrogen-bond acceptors (Lipinski definition) is 3. The van der Waals surface area contributed by atoms with Crippen LogP contribution in [0.4, 0.5) is 0 Å². The Labute approximate surface area is 169 Å². The molecule has 3 rings (SSSR count). The van der Waals surface area contributed by atoms with E-state index < -0.39 is 5.41 Å². The molecule has 3 aliphatic carbocycles. The van der Waals surface area contributed by atoms with Gasteiger partial charge in [-0.2, -0.15) is 0 Å². The van der Waals surface area contributed by atoms with Crippen LogP contribution in [0.3, 0.4) is 0 Å². The normalized spacial score (nSPS) is 41.6. The van der Waals surface area contributed by atoms with Gasteiger partial charge in [0.25, 0.3) is 5.91 Å². The first-order chi connectivity index (χ1) is 13.2. The van der Waals surface area contributed by atoms with Crippen molar-refractivity contribution in [3.05, 3.63) is 0 Å². The number of hydrogen-bond donors (Lipinski definition) is 1. The van der Waals surface area contributed by atoms with Crippen molar-refractivity contribution < 1.29 is 14.4 Å². The molecule has 0 aromatic carbocycles. The SMILES string of the molecule is C#CC(=O)NCC1(C)CCC[C@]2(C)C1CCC1(CC)CC(C=O)(C=O)CCC12. The highest BCUT2D eigenvalue weighted by Crippen LogP contribution is 2.69. The van der Waals surface area contributed by atoms with Crippen molar-refractivity contribution in [3.8, 4) is 12.3 Å². The number of carbonyl (C=O) groups excluding carboxylic acids is 3. The third-order valence-corrected chi connectivity index (χ3v) is 9.10. The largest absolute Gasteiger partial charge is 0.345 e. The second kappa shape index (κ2) is 7.32. The first-order valence-electron chi connectivity index (χ1n) is 10.9. The number of amides is 1. The lowest BCUT2D eigenvalue weighted by Gasteiger charge is -2.66. The highest BCUT2D eigenvalue weighted by Gasteiger charge is 2.62. The number of nitrogens with one attached hydrogen (secondary N) is 1. The van der Waals surface area contributed by atoms with Crippen molar-refractivity contribution >= 4 is 18.5 Å². The second-order valence-electron chi connectivity index (χ2n) is 10.4. The Bertz CT molecular complexity index is 686. The van der Waals surface area contributed by atoms with E-state index in [-0.39, 0.29) is 22.2 Å². The predicted octanol–water partition coefficient (Wildman–Crippen LogP) is 3.92. The van der Waals surface area contributed by atoms with Gasteiger partial charge in [0.1, 0.15) is 12.6 Å². The van der Waals surface area contributed by atoms with E-state index in [4.69, 9.17) is 6.42 Å².